The van der Waals surface area contributed by atoms with Crippen LogP contribution in [0.5, 0.6) is 0 Å². The second-order valence-corrected chi connectivity index (χ2v) is 8.19. The van der Waals surface area contributed by atoms with E-state index in [4.69, 9.17) is 4.74 Å². The molecular weight excluding hydrogens is 350 g/mol. The largest absolute Gasteiger partial charge is 0.444 e. The Morgan fingerprint density at radius 1 is 1.23 bits per heavy atom. The highest BCUT2D eigenvalue weighted by Gasteiger charge is 2.37. The van der Waals surface area contributed by atoms with Gasteiger partial charge in [0.15, 0.2) is 5.78 Å². The molecule has 1 aliphatic rings. The van der Waals surface area contributed by atoms with E-state index in [1.54, 1.807) is 20.8 Å². The van der Waals surface area contributed by atoms with Gasteiger partial charge in [0.2, 0.25) is 5.12 Å². The Kier molecular flexibility index (Phi) is 7.03. The number of rotatable bonds is 6. The minimum Gasteiger partial charge on any atom is -0.444 e. The zero-order valence-corrected chi connectivity index (χ0v) is 16.2. The molecule has 2 rings (SSSR count). The first-order chi connectivity index (χ1) is 12.3. The molecule has 1 amide bonds. The molecule has 1 aromatic rings. The van der Waals surface area contributed by atoms with E-state index in [0.717, 1.165) is 18.2 Å². The van der Waals surface area contributed by atoms with Crippen LogP contribution in [0.25, 0.3) is 0 Å². The van der Waals surface area contributed by atoms with Gasteiger partial charge in [0.25, 0.3) is 0 Å². The van der Waals surface area contributed by atoms with Gasteiger partial charge in [-0.15, -0.1) is 0 Å². The lowest BCUT2D eigenvalue weighted by molar-refractivity contribution is -0.124. The molecule has 1 unspecified atom stereocenters. The maximum absolute atomic E-state index is 12.4. The summed E-state index contributed by atoms with van der Waals surface area (Å²) in [5.74, 6) is -0.822. The van der Waals surface area contributed by atoms with Crippen LogP contribution in [0.1, 0.15) is 39.2 Å². The van der Waals surface area contributed by atoms with Gasteiger partial charge in [-0.2, -0.15) is 0 Å². The topological polar surface area (TPSA) is 72.5 Å². The van der Waals surface area contributed by atoms with Crippen LogP contribution in [0.3, 0.4) is 0 Å². The van der Waals surface area contributed by atoms with Crippen molar-refractivity contribution < 1.29 is 19.1 Å². The lowest BCUT2D eigenvalue weighted by Crippen LogP contribution is -2.34. The van der Waals surface area contributed by atoms with Crippen molar-refractivity contribution in [3.05, 3.63) is 46.9 Å². The Labute approximate surface area is 158 Å². The maximum atomic E-state index is 12.4. The summed E-state index contributed by atoms with van der Waals surface area (Å²) in [6.07, 6.45) is 3.15. The molecule has 1 heterocycles. The van der Waals surface area contributed by atoms with Crippen molar-refractivity contribution in [2.75, 3.05) is 6.54 Å². The maximum Gasteiger partial charge on any atom is 0.407 e. The van der Waals surface area contributed by atoms with E-state index >= 15 is 0 Å². The van der Waals surface area contributed by atoms with Crippen molar-refractivity contribution in [2.24, 2.45) is 5.92 Å². The molecule has 140 valence electrons. The molecule has 1 atom stereocenters. The molecule has 1 N–H and O–H groups in total. The van der Waals surface area contributed by atoms with E-state index in [-0.39, 0.29) is 17.4 Å². The molecular formula is C20H25NO4S. The highest BCUT2D eigenvalue weighted by molar-refractivity contribution is 8.18. The number of allylic oxidation sites excluding steroid dienone is 2. The van der Waals surface area contributed by atoms with Gasteiger partial charge < -0.3 is 10.1 Å². The second-order valence-electron chi connectivity index (χ2n) is 7.15. The van der Waals surface area contributed by atoms with Crippen molar-refractivity contribution in [2.45, 2.75) is 45.6 Å². The summed E-state index contributed by atoms with van der Waals surface area (Å²) < 4.78 is 5.14. The Balaban J connectivity index is 1.80. The Morgan fingerprint density at radius 3 is 2.58 bits per heavy atom. The van der Waals surface area contributed by atoms with Gasteiger partial charge in [0, 0.05) is 6.54 Å². The quantitative estimate of drug-likeness (QED) is 0.603. The zero-order valence-electron chi connectivity index (χ0n) is 15.4. The van der Waals surface area contributed by atoms with Gasteiger partial charge >= 0.3 is 6.09 Å². The SMILES string of the molecule is CC(C)(C)OC(=O)NCCC1C(=O)S/C(=C\CCc2ccccc2)C1=O. The highest BCUT2D eigenvalue weighted by Crippen LogP contribution is 2.35. The molecule has 26 heavy (non-hydrogen) atoms. The average molecular weight is 375 g/mol. The van der Waals surface area contributed by atoms with Crippen LogP contribution < -0.4 is 5.32 Å². The predicted molar refractivity (Wildman–Crippen MR) is 103 cm³/mol. The number of thioether (sulfide) groups is 1. The number of amides is 1. The molecule has 0 radical (unpaired) electrons. The first-order valence-electron chi connectivity index (χ1n) is 8.73. The number of nitrogens with one attached hydrogen (secondary N) is 1. The third kappa shape index (κ3) is 6.33. The third-order valence-electron chi connectivity index (χ3n) is 3.76. The first kappa shape index (κ1) is 20.2. The minimum absolute atomic E-state index is 0.140. The lowest BCUT2D eigenvalue weighted by atomic mass is 10.0. The van der Waals surface area contributed by atoms with Gasteiger partial charge in [0.1, 0.15) is 5.60 Å². The summed E-state index contributed by atoms with van der Waals surface area (Å²) >= 11 is 1.01. The van der Waals surface area contributed by atoms with Crippen molar-refractivity contribution in [3.8, 4) is 0 Å². The first-order valence-corrected chi connectivity index (χ1v) is 9.55. The Hall–Kier alpha value is -2.08. The minimum atomic E-state index is -0.682. The van der Waals surface area contributed by atoms with Gasteiger partial charge in [-0.25, -0.2) is 4.79 Å². The second kappa shape index (κ2) is 9.03. The molecule has 5 nitrogen and oxygen atoms in total. The van der Waals surface area contributed by atoms with Crippen molar-refractivity contribution in [1.82, 2.24) is 5.32 Å². The molecule has 1 aromatic carbocycles. The molecule has 1 fully saturated rings. The smallest absolute Gasteiger partial charge is 0.407 e. The molecule has 0 bridgehead atoms. The number of Topliss-reactive ketones (excluding diaryl/α,β-unsaturated/α-hetero) is 1. The number of hydrogen-bond acceptors (Lipinski definition) is 5. The summed E-state index contributed by atoms with van der Waals surface area (Å²) in [5, 5.41) is 2.45. The van der Waals surface area contributed by atoms with Gasteiger partial charge in [0.05, 0.1) is 10.8 Å². The lowest BCUT2D eigenvalue weighted by Gasteiger charge is -2.19. The van der Waals surface area contributed by atoms with Crippen LogP contribution >= 0.6 is 11.8 Å². The van der Waals surface area contributed by atoms with Crippen LogP contribution in [0, 0.1) is 5.92 Å². The monoisotopic (exact) mass is 375 g/mol. The van der Waals surface area contributed by atoms with Crippen LogP contribution in [-0.4, -0.2) is 29.1 Å². The Bertz CT molecular complexity index is 692. The molecule has 0 aromatic heterocycles. The number of carbonyl (C=O) groups excluding carboxylic acids is 3. The fraction of sp³-hybridized carbons (Fsp3) is 0.450. The number of alkyl carbamates (subject to hydrolysis) is 1. The molecule has 0 saturated carbocycles. The average Bonchev–Trinajstić information content (AvgIpc) is 2.82. The number of hydrogen-bond donors (Lipinski definition) is 1. The van der Waals surface area contributed by atoms with Crippen molar-refractivity contribution in [1.29, 1.82) is 0 Å². The van der Waals surface area contributed by atoms with Crippen molar-refractivity contribution >= 4 is 28.8 Å². The van der Waals surface area contributed by atoms with E-state index in [0.29, 0.717) is 17.7 Å². The summed E-state index contributed by atoms with van der Waals surface area (Å²) in [6.45, 7) is 5.56. The molecule has 1 saturated heterocycles. The van der Waals surface area contributed by atoms with Crippen LogP contribution in [0.15, 0.2) is 41.3 Å². The van der Waals surface area contributed by atoms with E-state index in [9.17, 15) is 14.4 Å². The standard InChI is InChI=1S/C20H25NO4S/c1-20(2,3)25-19(24)21-13-12-15-17(22)16(26-18(15)23)11-7-10-14-8-5-4-6-9-14/h4-6,8-9,11,15H,7,10,12-13H2,1-3H3,(H,21,24)/b16-11-. The predicted octanol–water partition coefficient (Wildman–Crippen LogP) is 3.88. The number of ketones is 1. The Morgan fingerprint density at radius 2 is 1.92 bits per heavy atom. The fourth-order valence-corrected chi connectivity index (χ4v) is 3.58. The summed E-state index contributed by atoms with van der Waals surface area (Å²) in [4.78, 5) is 36.6. The third-order valence-corrected chi connectivity index (χ3v) is 4.83. The number of benzene rings is 1. The van der Waals surface area contributed by atoms with E-state index in [1.165, 1.54) is 5.56 Å². The van der Waals surface area contributed by atoms with Crippen LogP contribution in [0.4, 0.5) is 4.79 Å². The van der Waals surface area contributed by atoms with E-state index in [1.807, 2.05) is 36.4 Å². The van der Waals surface area contributed by atoms with Gasteiger partial charge in [-0.05, 0) is 57.4 Å². The number of ether oxygens (including phenoxy) is 1. The zero-order chi connectivity index (χ0) is 19.2. The number of aryl methyl sites for hydroxylation is 1. The summed E-state index contributed by atoms with van der Waals surface area (Å²) in [5.41, 5.74) is 0.623. The van der Waals surface area contributed by atoms with Crippen molar-refractivity contribution in [3.63, 3.8) is 0 Å². The van der Waals surface area contributed by atoms with Gasteiger partial charge in [-0.3, -0.25) is 9.59 Å². The number of carbonyl (C=O) groups is 3. The summed E-state index contributed by atoms with van der Waals surface area (Å²) in [6, 6.07) is 10.0. The molecule has 6 heteroatoms. The highest BCUT2D eigenvalue weighted by atomic mass is 32.2. The summed E-state index contributed by atoms with van der Waals surface area (Å²) in [7, 11) is 0. The van der Waals surface area contributed by atoms with Gasteiger partial charge in [-0.1, -0.05) is 36.4 Å². The normalized spacial score (nSPS) is 19.0. The molecule has 0 aliphatic carbocycles. The molecule has 1 aliphatic heterocycles. The molecule has 0 spiro atoms. The van der Waals surface area contributed by atoms with E-state index in [2.05, 4.69) is 5.32 Å². The van der Waals surface area contributed by atoms with Crippen LogP contribution in [-0.2, 0) is 20.7 Å². The van der Waals surface area contributed by atoms with E-state index < -0.39 is 17.6 Å². The van der Waals surface area contributed by atoms with Crippen LogP contribution in [0.2, 0.25) is 0 Å². The fourth-order valence-electron chi connectivity index (χ4n) is 2.55.